The van der Waals surface area contributed by atoms with E-state index in [4.69, 9.17) is 4.74 Å². The van der Waals surface area contributed by atoms with Crippen molar-refractivity contribution in [2.24, 2.45) is 11.8 Å². The molecular weight excluding hydrogens is 250 g/mol. The number of methoxy groups -OCH3 is 1. The number of benzene rings is 1. The molecule has 3 heteroatoms. The third-order valence-electron chi connectivity index (χ3n) is 4.88. The van der Waals surface area contributed by atoms with Gasteiger partial charge in [0.25, 0.3) is 0 Å². The molecule has 0 saturated heterocycles. The first-order valence-corrected chi connectivity index (χ1v) is 7.67. The molecule has 3 nitrogen and oxygen atoms in total. The molecular formula is C17H23NO2. The second-order valence-corrected chi connectivity index (χ2v) is 6.20. The minimum absolute atomic E-state index is 0.207. The van der Waals surface area contributed by atoms with Crippen LogP contribution in [0.5, 0.6) is 5.75 Å². The molecule has 108 valence electrons. The molecule has 0 aromatic heterocycles. The molecule has 2 saturated carbocycles. The summed E-state index contributed by atoms with van der Waals surface area (Å²) in [4.78, 5) is 12.0. The average Bonchev–Trinajstić information content (AvgIpc) is 3.08. The van der Waals surface area contributed by atoms with Crippen LogP contribution in [0, 0.1) is 11.8 Å². The lowest BCUT2D eigenvalue weighted by atomic mass is 9.95. The second kappa shape index (κ2) is 5.86. The Kier molecular flexibility index (Phi) is 3.95. The van der Waals surface area contributed by atoms with E-state index in [0.29, 0.717) is 12.5 Å². The van der Waals surface area contributed by atoms with E-state index in [2.05, 4.69) is 5.32 Å². The van der Waals surface area contributed by atoms with E-state index < -0.39 is 0 Å². The molecule has 3 rings (SSSR count). The standard InChI is InChI=1S/C17H23NO2/c1-20-15-7-3-12(4-8-15)5-9-17(19)18-16-11-13-2-6-14(16)10-13/h3-4,7-8,13-14,16H,2,5-6,9-11H2,1H3,(H,18,19)/t13-,14-,16+/m1/s1. The number of nitrogens with one attached hydrogen (secondary N) is 1. The SMILES string of the molecule is COc1ccc(CCC(=O)N[C@H]2C[C@@H]3CC[C@@H]2C3)cc1. The highest BCUT2D eigenvalue weighted by Gasteiger charge is 2.39. The summed E-state index contributed by atoms with van der Waals surface area (Å²) in [5.74, 6) is 2.70. The van der Waals surface area contributed by atoms with Gasteiger partial charge in [0.2, 0.25) is 5.91 Å². The molecule has 2 aliphatic rings. The van der Waals surface area contributed by atoms with E-state index >= 15 is 0 Å². The number of hydrogen-bond donors (Lipinski definition) is 1. The molecule has 1 N–H and O–H groups in total. The van der Waals surface area contributed by atoms with Gasteiger partial charge in [-0.25, -0.2) is 0 Å². The molecule has 2 bridgehead atoms. The zero-order valence-corrected chi connectivity index (χ0v) is 12.1. The van der Waals surface area contributed by atoms with Crippen molar-refractivity contribution in [3.63, 3.8) is 0 Å². The molecule has 20 heavy (non-hydrogen) atoms. The zero-order chi connectivity index (χ0) is 13.9. The minimum Gasteiger partial charge on any atom is -0.497 e. The van der Waals surface area contributed by atoms with Crippen LogP contribution >= 0.6 is 0 Å². The fourth-order valence-corrected chi connectivity index (χ4v) is 3.75. The lowest BCUT2D eigenvalue weighted by molar-refractivity contribution is -0.122. The number of amides is 1. The van der Waals surface area contributed by atoms with Crippen LogP contribution in [-0.2, 0) is 11.2 Å². The van der Waals surface area contributed by atoms with Crippen molar-refractivity contribution in [3.05, 3.63) is 29.8 Å². The highest BCUT2D eigenvalue weighted by atomic mass is 16.5. The van der Waals surface area contributed by atoms with Gasteiger partial charge >= 0.3 is 0 Å². The number of fused-ring (bicyclic) bond motifs is 2. The van der Waals surface area contributed by atoms with Gasteiger partial charge in [-0.05, 0) is 55.2 Å². The molecule has 3 atom stereocenters. The molecule has 0 aliphatic heterocycles. The van der Waals surface area contributed by atoms with E-state index in [1.807, 2.05) is 24.3 Å². The number of hydrogen-bond acceptors (Lipinski definition) is 2. The van der Waals surface area contributed by atoms with E-state index in [9.17, 15) is 4.79 Å². The smallest absolute Gasteiger partial charge is 0.220 e. The molecule has 0 radical (unpaired) electrons. The molecule has 1 amide bonds. The van der Waals surface area contributed by atoms with Crippen LogP contribution in [0.1, 0.15) is 37.7 Å². The van der Waals surface area contributed by atoms with E-state index in [1.54, 1.807) is 7.11 Å². The van der Waals surface area contributed by atoms with E-state index in [0.717, 1.165) is 24.0 Å². The van der Waals surface area contributed by atoms with Gasteiger partial charge < -0.3 is 10.1 Å². The highest BCUT2D eigenvalue weighted by Crippen LogP contribution is 2.44. The van der Waals surface area contributed by atoms with Crippen LogP contribution < -0.4 is 10.1 Å². The molecule has 2 aliphatic carbocycles. The number of carbonyl (C=O) groups excluding carboxylic acids is 1. The van der Waals surface area contributed by atoms with Crippen LogP contribution in [0.4, 0.5) is 0 Å². The summed E-state index contributed by atoms with van der Waals surface area (Å²) >= 11 is 0. The quantitative estimate of drug-likeness (QED) is 0.895. The first-order valence-electron chi connectivity index (χ1n) is 7.67. The topological polar surface area (TPSA) is 38.3 Å². The summed E-state index contributed by atoms with van der Waals surface area (Å²) in [5, 5.41) is 3.24. The fourth-order valence-electron chi connectivity index (χ4n) is 3.75. The normalized spacial score (nSPS) is 27.6. The summed E-state index contributed by atoms with van der Waals surface area (Å²) in [5.41, 5.74) is 1.19. The molecule has 0 unspecified atom stereocenters. The lowest BCUT2D eigenvalue weighted by Gasteiger charge is -2.22. The zero-order valence-electron chi connectivity index (χ0n) is 12.1. The van der Waals surface area contributed by atoms with Crippen LogP contribution in [0.3, 0.4) is 0 Å². The second-order valence-electron chi connectivity index (χ2n) is 6.20. The van der Waals surface area contributed by atoms with Gasteiger partial charge in [0.05, 0.1) is 7.11 Å². The third-order valence-corrected chi connectivity index (χ3v) is 4.88. The Hall–Kier alpha value is -1.51. The number of rotatable bonds is 5. The van der Waals surface area contributed by atoms with Crippen molar-refractivity contribution < 1.29 is 9.53 Å². The summed E-state index contributed by atoms with van der Waals surface area (Å²) in [6.45, 7) is 0. The van der Waals surface area contributed by atoms with Crippen molar-refractivity contribution in [1.82, 2.24) is 5.32 Å². The van der Waals surface area contributed by atoms with Crippen LogP contribution in [0.25, 0.3) is 0 Å². The van der Waals surface area contributed by atoms with Crippen molar-refractivity contribution >= 4 is 5.91 Å². The van der Waals surface area contributed by atoms with Crippen LogP contribution in [0.15, 0.2) is 24.3 Å². The van der Waals surface area contributed by atoms with Crippen molar-refractivity contribution in [3.8, 4) is 5.75 Å². The van der Waals surface area contributed by atoms with Gasteiger partial charge in [0, 0.05) is 12.5 Å². The maximum absolute atomic E-state index is 12.0. The number of carbonyl (C=O) groups is 1. The van der Waals surface area contributed by atoms with Crippen molar-refractivity contribution in [2.45, 2.75) is 44.6 Å². The van der Waals surface area contributed by atoms with E-state index in [-0.39, 0.29) is 5.91 Å². The maximum Gasteiger partial charge on any atom is 0.220 e. The Morgan fingerprint density at radius 2 is 2.05 bits per heavy atom. The van der Waals surface area contributed by atoms with Gasteiger partial charge in [0.1, 0.15) is 5.75 Å². The van der Waals surface area contributed by atoms with Crippen LogP contribution in [0.2, 0.25) is 0 Å². The summed E-state index contributed by atoms with van der Waals surface area (Å²) in [7, 11) is 1.66. The van der Waals surface area contributed by atoms with Gasteiger partial charge in [-0.1, -0.05) is 18.6 Å². The molecule has 0 spiro atoms. The lowest BCUT2D eigenvalue weighted by Crippen LogP contribution is -2.38. The average molecular weight is 273 g/mol. The van der Waals surface area contributed by atoms with Gasteiger partial charge in [-0.3, -0.25) is 4.79 Å². The Labute approximate surface area is 120 Å². The maximum atomic E-state index is 12.0. The Morgan fingerprint density at radius 1 is 1.25 bits per heavy atom. The third kappa shape index (κ3) is 2.97. The summed E-state index contributed by atoms with van der Waals surface area (Å²) in [6.07, 6.45) is 6.62. The highest BCUT2D eigenvalue weighted by molar-refractivity contribution is 5.76. The van der Waals surface area contributed by atoms with Crippen molar-refractivity contribution in [1.29, 1.82) is 0 Å². The monoisotopic (exact) mass is 273 g/mol. The number of ether oxygens (including phenoxy) is 1. The Bertz CT molecular complexity index is 468. The van der Waals surface area contributed by atoms with E-state index in [1.165, 1.54) is 31.2 Å². The molecule has 2 fully saturated rings. The Morgan fingerprint density at radius 3 is 2.65 bits per heavy atom. The predicted molar refractivity (Wildman–Crippen MR) is 78.7 cm³/mol. The fraction of sp³-hybridized carbons (Fsp3) is 0.588. The van der Waals surface area contributed by atoms with Gasteiger partial charge in [-0.15, -0.1) is 0 Å². The molecule has 0 heterocycles. The predicted octanol–water partition coefficient (Wildman–Crippen LogP) is 2.93. The molecule has 1 aromatic rings. The first-order chi connectivity index (χ1) is 9.74. The van der Waals surface area contributed by atoms with Crippen LogP contribution in [-0.4, -0.2) is 19.1 Å². The summed E-state index contributed by atoms with van der Waals surface area (Å²) in [6, 6.07) is 8.41. The minimum atomic E-state index is 0.207. The van der Waals surface area contributed by atoms with Crippen molar-refractivity contribution in [2.75, 3.05) is 7.11 Å². The molecule has 1 aromatic carbocycles. The van der Waals surface area contributed by atoms with Gasteiger partial charge in [0.15, 0.2) is 0 Å². The number of aryl methyl sites for hydroxylation is 1. The summed E-state index contributed by atoms with van der Waals surface area (Å²) < 4.78 is 5.13. The first kappa shape index (κ1) is 13.5. The largest absolute Gasteiger partial charge is 0.497 e. The van der Waals surface area contributed by atoms with Gasteiger partial charge in [-0.2, -0.15) is 0 Å². The Balaban J connectivity index is 1.44.